The van der Waals surface area contributed by atoms with Crippen LogP contribution in [0.15, 0.2) is 0 Å². The number of amides is 3. The first-order chi connectivity index (χ1) is 30.2. The van der Waals surface area contributed by atoms with E-state index < -0.39 is 129 Å². The number of rotatable bonds is 27. The smallest absolute Gasteiger partial charge is 0.333 e. The van der Waals surface area contributed by atoms with Crippen molar-refractivity contribution >= 4 is 23.7 Å². The molecule has 22 nitrogen and oxygen atoms in total. The van der Waals surface area contributed by atoms with E-state index in [-0.39, 0.29) is 44.7 Å². The van der Waals surface area contributed by atoms with Crippen LogP contribution in [0.4, 0.5) is 0 Å². The zero-order chi connectivity index (χ0) is 46.1. The van der Waals surface area contributed by atoms with Gasteiger partial charge in [-0.15, -0.1) is 5.06 Å². The Morgan fingerprint density at radius 3 is 1.75 bits per heavy atom. The predicted octanol–water partition coefficient (Wildman–Crippen LogP) is -2.70. The van der Waals surface area contributed by atoms with Gasteiger partial charge in [0.25, 0.3) is 11.8 Å². The van der Waals surface area contributed by atoms with Crippen LogP contribution >= 0.6 is 0 Å². The molecular formula is C41H70N2O20. The lowest BCUT2D eigenvalue weighted by molar-refractivity contribution is -0.361. The minimum Gasteiger partial charge on any atom is -0.396 e. The van der Waals surface area contributed by atoms with Gasteiger partial charge < -0.3 is 84.9 Å². The van der Waals surface area contributed by atoms with Crippen LogP contribution in [0.3, 0.4) is 0 Å². The zero-order valence-corrected chi connectivity index (χ0v) is 35.7. The van der Waals surface area contributed by atoms with Gasteiger partial charge in [0.1, 0.15) is 61.0 Å². The molecule has 0 bridgehead atoms. The number of aliphatic hydroxyl groups excluding tert-OH is 10. The second-order valence-corrected chi connectivity index (χ2v) is 16.9. The minimum atomic E-state index is -1.87. The number of unbranched alkanes of at least 4 members (excludes halogenated alkanes) is 11. The quantitative estimate of drug-likeness (QED) is 0.0295. The summed E-state index contributed by atoms with van der Waals surface area (Å²) in [6, 6.07) is 0. The fourth-order valence-electron chi connectivity index (χ4n) is 8.10. The number of aliphatic hydroxyl groups is 10. The molecule has 11 N–H and O–H groups in total. The molecule has 3 aliphatic heterocycles. The van der Waals surface area contributed by atoms with Crippen molar-refractivity contribution in [1.29, 1.82) is 0 Å². The molecule has 1 saturated carbocycles. The maximum atomic E-state index is 12.5. The Kier molecular flexibility index (Phi) is 22.9. The van der Waals surface area contributed by atoms with Crippen molar-refractivity contribution in [2.24, 2.45) is 5.92 Å². The van der Waals surface area contributed by atoms with E-state index in [1.807, 2.05) is 0 Å². The van der Waals surface area contributed by atoms with Crippen LogP contribution in [0.25, 0.3) is 0 Å². The second kappa shape index (κ2) is 27.2. The van der Waals surface area contributed by atoms with Crippen molar-refractivity contribution < 1.29 is 98.8 Å². The first kappa shape index (κ1) is 53.1. The van der Waals surface area contributed by atoms with Gasteiger partial charge in [0.2, 0.25) is 5.91 Å². The van der Waals surface area contributed by atoms with Gasteiger partial charge in [-0.25, -0.2) is 4.79 Å². The first-order valence-electron chi connectivity index (χ1n) is 22.4. The predicted molar refractivity (Wildman–Crippen MR) is 213 cm³/mol. The Hall–Kier alpha value is -2.52. The lowest BCUT2D eigenvalue weighted by Crippen LogP contribution is -2.65. The van der Waals surface area contributed by atoms with E-state index in [9.17, 15) is 70.2 Å². The van der Waals surface area contributed by atoms with Crippen LogP contribution in [-0.4, -0.2) is 199 Å². The lowest BCUT2D eigenvalue weighted by Gasteiger charge is -2.46. The number of ether oxygens (including phenoxy) is 5. The van der Waals surface area contributed by atoms with Gasteiger partial charge in [0.15, 0.2) is 12.6 Å². The van der Waals surface area contributed by atoms with E-state index in [1.165, 1.54) is 0 Å². The minimum absolute atomic E-state index is 0.0278. The Labute approximate surface area is 366 Å². The van der Waals surface area contributed by atoms with Crippen molar-refractivity contribution in [1.82, 2.24) is 10.4 Å². The van der Waals surface area contributed by atoms with Crippen molar-refractivity contribution in [3.63, 3.8) is 0 Å². The summed E-state index contributed by atoms with van der Waals surface area (Å²) in [6.45, 7) is -1.88. The molecule has 1 aliphatic carbocycles. The van der Waals surface area contributed by atoms with Gasteiger partial charge in [-0.3, -0.25) is 14.4 Å². The maximum Gasteiger partial charge on any atom is 0.333 e. The van der Waals surface area contributed by atoms with Crippen molar-refractivity contribution in [2.75, 3.05) is 33.0 Å². The number of hydroxylamine groups is 2. The largest absolute Gasteiger partial charge is 0.396 e. The number of carbonyl (C=O) groups is 4. The molecule has 364 valence electrons. The molecule has 4 fully saturated rings. The molecule has 3 heterocycles. The van der Waals surface area contributed by atoms with E-state index in [1.54, 1.807) is 0 Å². The Morgan fingerprint density at radius 2 is 1.16 bits per heavy atom. The van der Waals surface area contributed by atoms with E-state index in [0.29, 0.717) is 24.3 Å². The van der Waals surface area contributed by atoms with E-state index in [4.69, 9.17) is 28.5 Å². The van der Waals surface area contributed by atoms with Crippen LogP contribution < -0.4 is 5.32 Å². The molecule has 0 aromatic rings. The van der Waals surface area contributed by atoms with Gasteiger partial charge in [0, 0.05) is 44.8 Å². The molecule has 0 aromatic carbocycles. The fraction of sp³-hybridized carbons (Fsp3) is 0.902. The van der Waals surface area contributed by atoms with Crippen LogP contribution in [0.5, 0.6) is 0 Å². The number of nitrogens with zero attached hydrogens (tertiary/aromatic N) is 1. The SMILES string of the molecule is O=C(CCCCCCCCCCCCCCC(=O)ON1C(=O)CCC1=O)NCCO[C@H]1O[C@H](CO[C@H]2C[C@H](CO)[C@@H](O)[C@H](O)[C@@H]2O)[C@@H](O)[C@H](O[C@H]2O[C@H](CO)[C@@H](O)[C@H](O)[C@@H]2O)[C@@H]1O. The summed E-state index contributed by atoms with van der Waals surface area (Å²) < 4.78 is 28.4. The molecule has 4 aliphatic rings. The second-order valence-electron chi connectivity index (χ2n) is 16.9. The molecule has 4 rings (SSSR count). The fourth-order valence-corrected chi connectivity index (χ4v) is 8.10. The average Bonchev–Trinajstić information content (AvgIpc) is 3.58. The third kappa shape index (κ3) is 15.8. The highest BCUT2D eigenvalue weighted by Gasteiger charge is 2.52. The highest BCUT2D eigenvalue weighted by atomic mass is 16.7. The van der Waals surface area contributed by atoms with Crippen LogP contribution in [-0.2, 0) is 47.7 Å². The summed E-state index contributed by atoms with van der Waals surface area (Å²) in [5.74, 6) is -2.55. The molecule has 22 heteroatoms. The summed E-state index contributed by atoms with van der Waals surface area (Å²) in [7, 11) is 0. The van der Waals surface area contributed by atoms with Crippen molar-refractivity contribution in [3.05, 3.63) is 0 Å². The van der Waals surface area contributed by atoms with Crippen LogP contribution in [0.1, 0.15) is 109 Å². The summed E-state index contributed by atoms with van der Waals surface area (Å²) in [5.41, 5.74) is 0. The summed E-state index contributed by atoms with van der Waals surface area (Å²) in [4.78, 5) is 52.3. The summed E-state index contributed by atoms with van der Waals surface area (Å²) >= 11 is 0. The number of nitrogens with one attached hydrogen (secondary N) is 1. The lowest BCUT2D eigenvalue weighted by atomic mass is 9.81. The van der Waals surface area contributed by atoms with Gasteiger partial charge in [-0.05, 0) is 19.3 Å². The van der Waals surface area contributed by atoms with Gasteiger partial charge in [-0.2, -0.15) is 0 Å². The van der Waals surface area contributed by atoms with Gasteiger partial charge in [0.05, 0.1) is 32.0 Å². The Bertz CT molecular complexity index is 1380. The Morgan fingerprint density at radius 1 is 0.603 bits per heavy atom. The van der Waals surface area contributed by atoms with Crippen LogP contribution in [0.2, 0.25) is 0 Å². The molecule has 3 amide bonds. The highest BCUT2D eigenvalue weighted by Crippen LogP contribution is 2.32. The third-order valence-electron chi connectivity index (χ3n) is 12.0. The average molecular weight is 911 g/mol. The number of hydrogen-bond donors (Lipinski definition) is 11. The topological polar surface area (TPSA) is 341 Å². The molecule has 0 spiro atoms. The van der Waals surface area contributed by atoms with Crippen molar-refractivity contribution in [3.8, 4) is 0 Å². The molecule has 15 atom stereocenters. The number of imide groups is 1. The molecular weight excluding hydrogens is 840 g/mol. The molecule has 0 aromatic heterocycles. The number of hydrogen-bond acceptors (Lipinski definition) is 20. The van der Waals surface area contributed by atoms with E-state index in [2.05, 4.69) is 5.32 Å². The van der Waals surface area contributed by atoms with Crippen LogP contribution in [0, 0.1) is 5.92 Å². The number of carbonyl (C=O) groups excluding carboxylic acids is 4. The summed E-state index contributed by atoms with van der Waals surface area (Å²) in [5, 5.41) is 107. The molecule has 0 radical (unpaired) electrons. The van der Waals surface area contributed by atoms with Gasteiger partial charge in [-0.1, -0.05) is 64.2 Å². The summed E-state index contributed by atoms with van der Waals surface area (Å²) in [6.07, 6.45) is -10.0. The Balaban J connectivity index is 1.11. The van der Waals surface area contributed by atoms with E-state index in [0.717, 1.165) is 64.2 Å². The molecule has 3 saturated heterocycles. The maximum absolute atomic E-state index is 12.5. The third-order valence-corrected chi connectivity index (χ3v) is 12.0. The molecule has 63 heavy (non-hydrogen) atoms. The zero-order valence-electron chi connectivity index (χ0n) is 35.7. The highest BCUT2D eigenvalue weighted by molar-refractivity contribution is 6.01. The first-order valence-corrected chi connectivity index (χ1v) is 22.4. The normalized spacial score (nSPS) is 35.0. The standard InChI is InChI=1S/C41H70N2O20/c44-20-23-19-24(32(51)35(54)31(23)50)59-22-26-34(53)39(62-41-37(56)36(55)33(52)25(21-45)60-41)38(57)40(61-26)58-18-17-42-27(46)13-11-9-7-5-3-1-2-4-6-8-10-12-14-30(49)63-43-28(47)15-16-29(43)48/h23-26,31-41,44-45,50-57H,1-22H2,(H,42,46)/t23-,24+,25-,26-,31-,32-,33-,34-,35+,36+,37+,38+,39+,40+,41-/m1/s1. The molecule has 0 unspecified atom stereocenters. The van der Waals surface area contributed by atoms with Gasteiger partial charge >= 0.3 is 5.97 Å². The monoisotopic (exact) mass is 910 g/mol. The van der Waals surface area contributed by atoms with E-state index >= 15 is 0 Å². The van der Waals surface area contributed by atoms with Crippen molar-refractivity contribution in [2.45, 2.75) is 195 Å².